The van der Waals surface area contributed by atoms with Crippen molar-refractivity contribution in [3.8, 4) is 11.5 Å². The topological polar surface area (TPSA) is 85.9 Å². The normalized spacial score (nSPS) is 12.9. The lowest BCUT2D eigenvalue weighted by atomic mass is 10.1. The van der Waals surface area contributed by atoms with Gasteiger partial charge in [-0.1, -0.05) is 19.9 Å². The Balaban J connectivity index is 2.64. The van der Waals surface area contributed by atoms with Crippen LogP contribution in [0.1, 0.15) is 32.8 Å². The molecule has 0 aromatic heterocycles. The van der Waals surface area contributed by atoms with E-state index in [4.69, 9.17) is 15.2 Å². The number of hydrogen-bond donors (Lipinski definition) is 2. The zero-order valence-electron chi connectivity index (χ0n) is 14.6. The first-order chi connectivity index (χ1) is 10.8. The van der Waals surface area contributed by atoms with Crippen molar-refractivity contribution in [1.82, 2.24) is 5.32 Å². The third-order valence-electron chi connectivity index (χ3n) is 3.25. The highest BCUT2D eigenvalue weighted by molar-refractivity contribution is 5.97. The highest BCUT2D eigenvalue weighted by Crippen LogP contribution is 2.27. The summed E-state index contributed by atoms with van der Waals surface area (Å²) in [6.07, 6.45) is 1.11. The summed E-state index contributed by atoms with van der Waals surface area (Å²) in [5, 5.41) is 2.62. The van der Waals surface area contributed by atoms with Crippen LogP contribution in [-0.2, 0) is 11.2 Å². The molecule has 1 atom stereocenters. The van der Waals surface area contributed by atoms with Crippen molar-refractivity contribution in [1.29, 1.82) is 0 Å². The van der Waals surface area contributed by atoms with E-state index in [2.05, 4.69) is 24.2 Å². The van der Waals surface area contributed by atoms with E-state index < -0.39 is 0 Å². The van der Waals surface area contributed by atoms with Crippen LogP contribution in [0.2, 0.25) is 0 Å². The number of carbonyl (C=O) groups excluding carboxylic acids is 1. The minimum absolute atomic E-state index is 0.0800. The molecule has 0 aliphatic carbocycles. The number of methoxy groups -OCH3 is 2. The van der Waals surface area contributed by atoms with E-state index in [0.29, 0.717) is 17.4 Å². The standard InChI is InChI=1S/C17H27N3O3/c1-11(2)8-12(3)19-17(18)20-16(21)10-13-6-7-14(22-4)15(9-13)23-5/h6-7,9,11-12H,8,10H2,1-5H3,(H3,18,19,20,21)/t12-/m0/s1. The van der Waals surface area contributed by atoms with Crippen LogP contribution in [0, 0.1) is 5.92 Å². The third kappa shape index (κ3) is 6.59. The van der Waals surface area contributed by atoms with Crippen LogP contribution in [0.4, 0.5) is 0 Å². The van der Waals surface area contributed by atoms with Crippen LogP contribution in [0.15, 0.2) is 23.2 Å². The van der Waals surface area contributed by atoms with Crippen molar-refractivity contribution in [3.63, 3.8) is 0 Å². The number of rotatable bonds is 7. The quantitative estimate of drug-likeness (QED) is 0.595. The number of guanidine groups is 1. The van der Waals surface area contributed by atoms with Gasteiger partial charge in [0.2, 0.25) is 5.91 Å². The Morgan fingerprint density at radius 1 is 1.22 bits per heavy atom. The Bertz CT molecular complexity index is 556. The van der Waals surface area contributed by atoms with Gasteiger partial charge in [-0.25, -0.2) is 0 Å². The van der Waals surface area contributed by atoms with Crippen molar-refractivity contribution < 1.29 is 14.3 Å². The summed E-state index contributed by atoms with van der Waals surface area (Å²) < 4.78 is 10.4. The molecule has 0 saturated carbocycles. The summed E-state index contributed by atoms with van der Waals surface area (Å²) in [5.74, 6) is 1.69. The zero-order valence-corrected chi connectivity index (χ0v) is 14.6. The first kappa shape index (κ1) is 18.8. The Morgan fingerprint density at radius 3 is 2.43 bits per heavy atom. The number of amides is 1. The van der Waals surface area contributed by atoms with Crippen molar-refractivity contribution in [2.75, 3.05) is 14.2 Å². The molecule has 23 heavy (non-hydrogen) atoms. The van der Waals surface area contributed by atoms with E-state index >= 15 is 0 Å². The summed E-state index contributed by atoms with van der Waals surface area (Å²) >= 11 is 0. The molecule has 0 aliphatic heterocycles. The fourth-order valence-electron chi connectivity index (χ4n) is 2.37. The van der Waals surface area contributed by atoms with Gasteiger partial charge in [-0.3, -0.25) is 15.1 Å². The van der Waals surface area contributed by atoms with E-state index in [9.17, 15) is 4.79 Å². The van der Waals surface area contributed by atoms with Gasteiger partial charge < -0.3 is 15.2 Å². The average molecular weight is 321 g/mol. The number of carbonyl (C=O) groups is 1. The molecule has 0 saturated heterocycles. The van der Waals surface area contributed by atoms with Gasteiger partial charge >= 0.3 is 0 Å². The average Bonchev–Trinajstić information content (AvgIpc) is 2.45. The van der Waals surface area contributed by atoms with E-state index in [1.807, 2.05) is 13.0 Å². The van der Waals surface area contributed by atoms with E-state index in [-0.39, 0.29) is 24.3 Å². The van der Waals surface area contributed by atoms with Gasteiger partial charge in [0, 0.05) is 0 Å². The summed E-state index contributed by atoms with van der Waals surface area (Å²) in [7, 11) is 3.13. The lowest BCUT2D eigenvalue weighted by Gasteiger charge is -2.12. The lowest BCUT2D eigenvalue weighted by Crippen LogP contribution is -2.38. The second-order valence-corrected chi connectivity index (χ2v) is 5.91. The summed E-state index contributed by atoms with van der Waals surface area (Å²) in [4.78, 5) is 16.3. The molecule has 6 nitrogen and oxygen atoms in total. The number of nitrogens with one attached hydrogen (secondary N) is 1. The maximum absolute atomic E-state index is 12.0. The van der Waals surface area contributed by atoms with Crippen molar-refractivity contribution >= 4 is 11.9 Å². The fraction of sp³-hybridized carbons (Fsp3) is 0.529. The Kier molecular flexibility index (Phi) is 7.38. The molecule has 0 bridgehead atoms. The largest absolute Gasteiger partial charge is 0.493 e. The van der Waals surface area contributed by atoms with Crippen molar-refractivity contribution in [2.45, 2.75) is 39.7 Å². The molecule has 0 spiro atoms. The smallest absolute Gasteiger partial charge is 0.231 e. The number of hydrogen-bond acceptors (Lipinski definition) is 4. The Morgan fingerprint density at radius 2 is 1.87 bits per heavy atom. The molecular weight excluding hydrogens is 294 g/mol. The number of benzene rings is 1. The first-order valence-corrected chi connectivity index (χ1v) is 7.69. The van der Waals surface area contributed by atoms with Crippen LogP contribution in [-0.4, -0.2) is 32.1 Å². The third-order valence-corrected chi connectivity index (χ3v) is 3.25. The van der Waals surface area contributed by atoms with Crippen molar-refractivity contribution in [2.24, 2.45) is 16.6 Å². The zero-order chi connectivity index (χ0) is 17.4. The molecule has 3 N–H and O–H groups in total. The van der Waals surface area contributed by atoms with Gasteiger partial charge in [0.15, 0.2) is 17.5 Å². The molecule has 6 heteroatoms. The van der Waals surface area contributed by atoms with Crippen LogP contribution in [0.3, 0.4) is 0 Å². The highest BCUT2D eigenvalue weighted by atomic mass is 16.5. The van der Waals surface area contributed by atoms with E-state index in [1.54, 1.807) is 26.4 Å². The predicted octanol–water partition coefficient (Wildman–Crippen LogP) is 2.11. The van der Waals surface area contributed by atoms with Crippen LogP contribution in [0.5, 0.6) is 11.5 Å². The molecule has 1 amide bonds. The molecule has 1 rings (SSSR count). The summed E-state index contributed by atoms with van der Waals surface area (Å²) in [6, 6.07) is 5.43. The molecule has 0 heterocycles. The van der Waals surface area contributed by atoms with Gasteiger partial charge in [-0.05, 0) is 37.0 Å². The Labute approximate surface area is 138 Å². The predicted molar refractivity (Wildman–Crippen MR) is 91.9 cm³/mol. The van der Waals surface area contributed by atoms with E-state index in [0.717, 1.165) is 12.0 Å². The maximum Gasteiger partial charge on any atom is 0.231 e. The Hall–Kier alpha value is -2.24. The minimum atomic E-state index is -0.213. The molecule has 0 unspecified atom stereocenters. The minimum Gasteiger partial charge on any atom is -0.493 e. The van der Waals surface area contributed by atoms with Crippen LogP contribution in [0.25, 0.3) is 0 Å². The SMILES string of the molecule is COc1ccc(CC(=O)NC(N)=N[C@@H](C)CC(C)C)cc1OC. The molecule has 0 fully saturated rings. The van der Waals surface area contributed by atoms with E-state index in [1.165, 1.54) is 0 Å². The fourth-order valence-corrected chi connectivity index (χ4v) is 2.37. The lowest BCUT2D eigenvalue weighted by molar-refractivity contribution is -0.119. The number of aliphatic imine (C=N–C) groups is 1. The second-order valence-electron chi connectivity index (χ2n) is 5.91. The van der Waals surface area contributed by atoms with Gasteiger partial charge in [0.25, 0.3) is 0 Å². The molecule has 0 radical (unpaired) electrons. The van der Waals surface area contributed by atoms with Gasteiger partial charge in [-0.15, -0.1) is 0 Å². The number of ether oxygens (including phenoxy) is 2. The summed E-state index contributed by atoms with van der Waals surface area (Å²) in [6.45, 7) is 6.23. The molecule has 1 aromatic rings. The number of nitrogens with zero attached hydrogens (tertiary/aromatic N) is 1. The summed E-state index contributed by atoms with van der Waals surface area (Å²) in [5.41, 5.74) is 6.59. The van der Waals surface area contributed by atoms with Crippen molar-refractivity contribution in [3.05, 3.63) is 23.8 Å². The second kappa shape index (κ2) is 9.02. The monoisotopic (exact) mass is 321 g/mol. The molecule has 0 aliphatic rings. The van der Waals surface area contributed by atoms with Crippen LogP contribution < -0.4 is 20.5 Å². The van der Waals surface area contributed by atoms with Crippen LogP contribution >= 0.6 is 0 Å². The molecular formula is C17H27N3O3. The molecule has 1 aromatic carbocycles. The van der Waals surface area contributed by atoms with Gasteiger partial charge in [0.05, 0.1) is 26.7 Å². The van der Waals surface area contributed by atoms with Gasteiger partial charge in [-0.2, -0.15) is 0 Å². The first-order valence-electron chi connectivity index (χ1n) is 7.69. The highest BCUT2D eigenvalue weighted by Gasteiger charge is 2.10. The van der Waals surface area contributed by atoms with Gasteiger partial charge in [0.1, 0.15) is 0 Å². The maximum atomic E-state index is 12.0. The number of nitrogens with two attached hydrogens (primary N) is 1. The molecule has 128 valence electrons.